The lowest BCUT2D eigenvalue weighted by molar-refractivity contribution is 0.371. The van der Waals surface area contributed by atoms with Gasteiger partial charge in [0.15, 0.2) is 0 Å². The van der Waals surface area contributed by atoms with Gasteiger partial charge in [0.05, 0.1) is 11.8 Å². The quantitative estimate of drug-likeness (QED) is 0.876. The maximum Gasteiger partial charge on any atom is 0.134 e. The molecule has 4 heteroatoms. The molecule has 0 amide bonds. The van der Waals surface area contributed by atoms with Crippen LogP contribution in [0.1, 0.15) is 24.6 Å². The zero-order chi connectivity index (χ0) is 14.4. The second kappa shape index (κ2) is 6.36. The lowest BCUT2D eigenvalue weighted by Crippen LogP contribution is -2.42. The highest BCUT2D eigenvalue weighted by atomic mass is 15.3. The Labute approximate surface area is 120 Å². The summed E-state index contributed by atoms with van der Waals surface area (Å²) in [6.07, 6.45) is 2.64. The van der Waals surface area contributed by atoms with Crippen molar-refractivity contribution in [1.29, 1.82) is 5.26 Å². The molecule has 0 spiro atoms. The summed E-state index contributed by atoms with van der Waals surface area (Å²) in [7, 11) is 0. The van der Waals surface area contributed by atoms with Crippen molar-refractivity contribution in [3.8, 4) is 6.07 Å². The summed E-state index contributed by atoms with van der Waals surface area (Å²) in [5, 5.41) is 17.4. The molecule has 1 aromatic carbocycles. The summed E-state index contributed by atoms with van der Waals surface area (Å²) in [6, 6.07) is 14.3. The number of hydrogen-bond donors (Lipinski definition) is 1. The van der Waals surface area contributed by atoms with Gasteiger partial charge in [0.1, 0.15) is 5.54 Å². The zero-order valence-corrected chi connectivity index (χ0v) is 12.0. The van der Waals surface area contributed by atoms with Crippen LogP contribution in [0.3, 0.4) is 0 Å². The predicted molar refractivity (Wildman–Crippen MR) is 79.0 cm³/mol. The zero-order valence-electron chi connectivity index (χ0n) is 12.0. The fraction of sp³-hybridized carbons (Fsp3) is 0.375. The van der Waals surface area contributed by atoms with Crippen LogP contribution < -0.4 is 5.32 Å². The van der Waals surface area contributed by atoms with Gasteiger partial charge >= 0.3 is 0 Å². The van der Waals surface area contributed by atoms with Crippen molar-refractivity contribution in [2.75, 3.05) is 6.54 Å². The van der Waals surface area contributed by atoms with Crippen molar-refractivity contribution in [3.63, 3.8) is 0 Å². The van der Waals surface area contributed by atoms with E-state index in [1.165, 1.54) is 0 Å². The van der Waals surface area contributed by atoms with Crippen LogP contribution in [0.2, 0.25) is 0 Å². The number of rotatable bonds is 6. The molecule has 104 valence electrons. The Bertz CT molecular complexity index is 582. The van der Waals surface area contributed by atoms with E-state index in [9.17, 15) is 5.26 Å². The molecule has 0 aliphatic carbocycles. The van der Waals surface area contributed by atoms with Gasteiger partial charge in [-0.2, -0.15) is 10.4 Å². The molecule has 0 aliphatic heterocycles. The molecule has 0 fully saturated rings. The molecule has 0 radical (unpaired) electrons. The minimum Gasteiger partial charge on any atom is -0.296 e. The standard InChI is InChI=1S/C16H20N4/c1-3-18-16(13-17,15-7-5-4-6-8-15)10-12-20-11-9-14(2)19-20/h4-9,11,18H,3,10,12H2,1-2H3. The van der Waals surface area contributed by atoms with Crippen LogP contribution in [0.25, 0.3) is 0 Å². The summed E-state index contributed by atoms with van der Waals surface area (Å²) in [5.41, 5.74) is 1.35. The third-order valence-corrected chi connectivity index (χ3v) is 3.43. The second-order valence-electron chi connectivity index (χ2n) is 4.88. The Morgan fingerprint density at radius 3 is 2.60 bits per heavy atom. The van der Waals surface area contributed by atoms with E-state index in [-0.39, 0.29) is 0 Å². The number of benzene rings is 1. The van der Waals surface area contributed by atoms with Crippen LogP contribution in [0.15, 0.2) is 42.6 Å². The summed E-state index contributed by atoms with van der Waals surface area (Å²) in [5.74, 6) is 0. The molecule has 2 rings (SSSR count). The topological polar surface area (TPSA) is 53.6 Å². The fourth-order valence-corrected chi connectivity index (χ4v) is 2.39. The van der Waals surface area contributed by atoms with Gasteiger partial charge < -0.3 is 0 Å². The molecule has 1 N–H and O–H groups in total. The summed E-state index contributed by atoms with van der Waals surface area (Å²) < 4.78 is 1.89. The first-order valence-corrected chi connectivity index (χ1v) is 6.92. The van der Waals surface area contributed by atoms with E-state index in [4.69, 9.17) is 0 Å². The van der Waals surface area contributed by atoms with Crippen LogP contribution in [0, 0.1) is 18.3 Å². The Kier molecular flexibility index (Phi) is 4.54. The van der Waals surface area contributed by atoms with Crippen molar-refractivity contribution in [2.24, 2.45) is 0 Å². The van der Waals surface area contributed by atoms with E-state index >= 15 is 0 Å². The average molecular weight is 268 g/mol. The van der Waals surface area contributed by atoms with E-state index in [0.717, 1.165) is 17.8 Å². The SMILES string of the molecule is CCNC(C#N)(CCn1ccc(C)n1)c1ccccc1. The predicted octanol–water partition coefficient (Wildman–Crippen LogP) is 2.61. The fourth-order valence-electron chi connectivity index (χ4n) is 2.39. The minimum absolute atomic E-state index is 0.657. The number of nitrogens with zero attached hydrogens (tertiary/aromatic N) is 3. The van der Waals surface area contributed by atoms with Gasteiger partial charge in [0.2, 0.25) is 0 Å². The molecule has 0 aliphatic rings. The molecule has 4 nitrogen and oxygen atoms in total. The first-order valence-electron chi connectivity index (χ1n) is 6.92. The molecule has 0 bridgehead atoms. The highest BCUT2D eigenvalue weighted by Crippen LogP contribution is 2.25. The monoisotopic (exact) mass is 268 g/mol. The number of nitriles is 1. The smallest absolute Gasteiger partial charge is 0.134 e. The second-order valence-corrected chi connectivity index (χ2v) is 4.88. The molecular weight excluding hydrogens is 248 g/mol. The van der Waals surface area contributed by atoms with E-state index < -0.39 is 5.54 Å². The lowest BCUT2D eigenvalue weighted by Gasteiger charge is -2.28. The number of hydrogen-bond acceptors (Lipinski definition) is 3. The average Bonchev–Trinajstić information content (AvgIpc) is 2.90. The summed E-state index contributed by atoms with van der Waals surface area (Å²) >= 11 is 0. The van der Waals surface area contributed by atoms with Crippen LogP contribution in [0.4, 0.5) is 0 Å². The van der Waals surface area contributed by atoms with Gasteiger partial charge in [-0.05, 0) is 25.1 Å². The van der Waals surface area contributed by atoms with Crippen molar-refractivity contribution in [1.82, 2.24) is 15.1 Å². The largest absolute Gasteiger partial charge is 0.296 e. The molecule has 20 heavy (non-hydrogen) atoms. The Balaban J connectivity index is 2.21. The molecule has 1 aromatic heterocycles. The van der Waals surface area contributed by atoms with Crippen LogP contribution in [0.5, 0.6) is 0 Å². The van der Waals surface area contributed by atoms with Crippen molar-refractivity contribution in [3.05, 3.63) is 53.9 Å². The van der Waals surface area contributed by atoms with Crippen LogP contribution >= 0.6 is 0 Å². The van der Waals surface area contributed by atoms with Crippen LogP contribution in [-0.2, 0) is 12.1 Å². The van der Waals surface area contributed by atoms with Gasteiger partial charge in [-0.3, -0.25) is 10.00 Å². The van der Waals surface area contributed by atoms with Crippen molar-refractivity contribution in [2.45, 2.75) is 32.4 Å². The minimum atomic E-state index is -0.657. The van der Waals surface area contributed by atoms with Gasteiger partial charge in [0.25, 0.3) is 0 Å². The van der Waals surface area contributed by atoms with E-state index in [1.54, 1.807) is 0 Å². The van der Waals surface area contributed by atoms with Gasteiger partial charge in [-0.15, -0.1) is 0 Å². The molecule has 1 atom stereocenters. The number of aromatic nitrogens is 2. The molecule has 1 heterocycles. The molecule has 1 unspecified atom stereocenters. The molecule has 2 aromatic rings. The van der Waals surface area contributed by atoms with Gasteiger partial charge in [-0.25, -0.2) is 0 Å². The first-order chi connectivity index (χ1) is 9.70. The van der Waals surface area contributed by atoms with E-state index in [0.29, 0.717) is 13.0 Å². The highest BCUT2D eigenvalue weighted by Gasteiger charge is 2.30. The van der Waals surface area contributed by atoms with Crippen molar-refractivity contribution < 1.29 is 0 Å². The maximum absolute atomic E-state index is 9.70. The van der Waals surface area contributed by atoms with Crippen molar-refractivity contribution >= 4 is 0 Å². The first kappa shape index (κ1) is 14.3. The lowest BCUT2D eigenvalue weighted by atomic mass is 9.88. The molecule has 0 saturated heterocycles. The van der Waals surface area contributed by atoms with E-state index in [2.05, 4.69) is 16.5 Å². The molecular formula is C16H20N4. The summed E-state index contributed by atoms with van der Waals surface area (Å²) in [4.78, 5) is 0. The summed E-state index contributed by atoms with van der Waals surface area (Å²) in [6.45, 7) is 5.45. The Morgan fingerprint density at radius 1 is 1.30 bits per heavy atom. The number of nitrogens with one attached hydrogen (secondary N) is 1. The normalized spacial score (nSPS) is 13.7. The maximum atomic E-state index is 9.70. The van der Waals surface area contributed by atoms with E-state index in [1.807, 2.05) is 61.1 Å². The third-order valence-electron chi connectivity index (χ3n) is 3.43. The Hall–Kier alpha value is -2.12. The molecule has 0 saturated carbocycles. The number of aryl methyl sites for hydroxylation is 2. The van der Waals surface area contributed by atoms with Gasteiger partial charge in [0, 0.05) is 19.2 Å². The van der Waals surface area contributed by atoms with Crippen LogP contribution in [-0.4, -0.2) is 16.3 Å². The third kappa shape index (κ3) is 3.06. The highest BCUT2D eigenvalue weighted by molar-refractivity contribution is 5.31. The Morgan fingerprint density at radius 2 is 2.05 bits per heavy atom. The van der Waals surface area contributed by atoms with Gasteiger partial charge in [-0.1, -0.05) is 37.3 Å².